The fourth-order valence-electron chi connectivity index (χ4n) is 3.85. The molecule has 0 bridgehead atoms. The lowest BCUT2D eigenvalue weighted by molar-refractivity contribution is -0.133. The Bertz CT molecular complexity index is 1060. The molecule has 0 aliphatic rings. The molecule has 2 aromatic carbocycles. The van der Waals surface area contributed by atoms with Gasteiger partial charge in [0, 0.05) is 28.4 Å². The van der Waals surface area contributed by atoms with Crippen molar-refractivity contribution in [3.8, 4) is 0 Å². The van der Waals surface area contributed by atoms with Crippen LogP contribution in [0.2, 0.25) is 0 Å². The number of carbonyl (C=O) groups is 2. The maximum Gasteiger partial charge on any atom is 0.254 e. The third kappa shape index (κ3) is 7.29. The average molecular weight is 477 g/mol. The number of hydrogen-bond donors (Lipinski definition) is 0. The Morgan fingerprint density at radius 1 is 0.853 bits per heavy atom. The summed E-state index contributed by atoms with van der Waals surface area (Å²) in [5, 5.41) is 0. The summed E-state index contributed by atoms with van der Waals surface area (Å²) in [7, 11) is 0. The van der Waals surface area contributed by atoms with E-state index in [-0.39, 0.29) is 18.4 Å². The van der Waals surface area contributed by atoms with Gasteiger partial charge in [-0.05, 0) is 54.7 Å². The normalized spacial score (nSPS) is 11.8. The topological polar surface area (TPSA) is 40.6 Å². The number of benzene rings is 2. The minimum atomic E-state index is -0.0806. The monoisotopic (exact) mass is 476 g/mol. The molecule has 34 heavy (non-hydrogen) atoms. The zero-order chi connectivity index (χ0) is 24.5. The van der Waals surface area contributed by atoms with E-state index in [9.17, 15) is 9.59 Å². The van der Waals surface area contributed by atoms with Crippen LogP contribution >= 0.6 is 11.3 Å². The van der Waals surface area contributed by atoms with E-state index in [0.717, 1.165) is 23.3 Å². The molecule has 0 radical (unpaired) electrons. The second-order valence-electron chi connectivity index (χ2n) is 9.00. The number of thiophene rings is 1. The van der Waals surface area contributed by atoms with Gasteiger partial charge in [0.15, 0.2) is 0 Å². The summed E-state index contributed by atoms with van der Waals surface area (Å²) in [6.07, 6.45) is 1.88. The van der Waals surface area contributed by atoms with E-state index in [2.05, 4.69) is 39.8 Å². The number of amides is 2. The number of nitrogens with zero attached hydrogens (tertiary/aromatic N) is 2. The smallest absolute Gasteiger partial charge is 0.254 e. The van der Waals surface area contributed by atoms with Crippen molar-refractivity contribution in [2.75, 3.05) is 13.1 Å². The van der Waals surface area contributed by atoms with Gasteiger partial charge in [-0.15, -0.1) is 11.3 Å². The van der Waals surface area contributed by atoms with Crippen molar-refractivity contribution >= 4 is 23.2 Å². The van der Waals surface area contributed by atoms with Crippen molar-refractivity contribution in [3.63, 3.8) is 0 Å². The molecule has 0 N–H and O–H groups in total. The molecule has 3 aromatic rings. The summed E-state index contributed by atoms with van der Waals surface area (Å²) >= 11 is 1.71. The highest BCUT2D eigenvalue weighted by molar-refractivity contribution is 7.11. The fourth-order valence-corrected chi connectivity index (χ4v) is 4.75. The first-order chi connectivity index (χ1) is 16.4. The summed E-state index contributed by atoms with van der Waals surface area (Å²) in [5.41, 5.74) is 2.91. The van der Waals surface area contributed by atoms with Gasteiger partial charge in [0.1, 0.15) is 6.54 Å². The van der Waals surface area contributed by atoms with Crippen molar-refractivity contribution < 1.29 is 9.59 Å². The maximum absolute atomic E-state index is 13.6. The van der Waals surface area contributed by atoms with Crippen LogP contribution in [0.25, 0.3) is 0 Å². The molecule has 5 heteroatoms. The van der Waals surface area contributed by atoms with E-state index >= 15 is 0 Å². The zero-order valence-electron chi connectivity index (χ0n) is 20.8. The third-order valence-corrected chi connectivity index (χ3v) is 7.15. The second-order valence-corrected chi connectivity index (χ2v) is 10.4. The van der Waals surface area contributed by atoms with Crippen LogP contribution in [0.5, 0.6) is 0 Å². The number of rotatable bonds is 11. The van der Waals surface area contributed by atoms with Crippen molar-refractivity contribution in [2.24, 2.45) is 5.92 Å². The molecule has 2 amide bonds. The van der Waals surface area contributed by atoms with Crippen LogP contribution in [-0.2, 0) is 24.3 Å². The van der Waals surface area contributed by atoms with Crippen LogP contribution in [0.3, 0.4) is 0 Å². The van der Waals surface area contributed by atoms with E-state index in [1.165, 1.54) is 10.4 Å². The molecule has 1 unspecified atom stereocenters. The standard InChI is InChI=1S/C29H36N2O2S/c1-5-22(3)18-31(29(33)26-15-13-24(6-2)14-16-26)21-28(32)30(19-25-10-8-7-9-11-25)20-27-17-12-23(4)34-27/h7-17,22H,5-6,18-21H2,1-4H3. The second kappa shape index (κ2) is 12.5. The lowest BCUT2D eigenvalue weighted by Crippen LogP contribution is -2.44. The van der Waals surface area contributed by atoms with E-state index in [4.69, 9.17) is 0 Å². The van der Waals surface area contributed by atoms with Gasteiger partial charge in [0.2, 0.25) is 5.91 Å². The summed E-state index contributed by atoms with van der Waals surface area (Å²) in [4.78, 5) is 33.0. The van der Waals surface area contributed by atoms with Gasteiger partial charge in [0.25, 0.3) is 5.91 Å². The highest BCUT2D eigenvalue weighted by atomic mass is 32.1. The molecule has 0 saturated heterocycles. The minimum absolute atomic E-state index is 0.0308. The van der Waals surface area contributed by atoms with Crippen molar-refractivity contribution in [1.82, 2.24) is 9.80 Å². The molecular weight excluding hydrogens is 440 g/mol. The molecule has 0 aliphatic carbocycles. The SMILES string of the molecule is CCc1ccc(C(=O)N(CC(=O)N(Cc2ccccc2)Cc2ccc(C)s2)CC(C)CC)cc1. The first-order valence-electron chi connectivity index (χ1n) is 12.1. The number of hydrogen-bond acceptors (Lipinski definition) is 3. The fraction of sp³-hybridized carbons (Fsp3) is 0.379. The molecule has 0 spiro atoms. The van der Waals surface area contributed by atoms with Crippen LogP contribution in [0.15, 0.2) is 66.7 Å². The number of aryl methyl sites for hydroxylation is 2. The molecule has 0 fully saturated rings. The van der Waals surface area contributed by atoms with Crippen molar-refractivity contribution in [1.29, 1.82) is 0 Å². The summed E-state index contributed by atoms with van der Waals surface area (Å²) in [6.45, 7) is 10.1. The Balaban J connectivity index is 1.82. The van der Waals surface area contributed by atoms with Gasteiger partial charge < -0.3 is 9.80 Å². The molecule has 1 aromatic heterocycles. The number of carbonyl (C=O) groups excluding carboxylic acids is 2. The lowest BCUT2D eigenvalue weighted by atomic mass is 10.1. The van der Waals surface area contributed by atoms with Gasteiger partial charge >= 0.3 is 0 Å². The molecule has 180 valence electrons. The van der Waals surface area contributed by atoms with E-state index in [1.807, 2.05) is 59.5 Å². The van der Waals surface area contributed by atoms with Gasteiger partial charge in [0.05, 0.1) is 6.54 Å². The van der Waals surface area contributed by atoms with Crippen LogP contribution in [0, 0.1) is 12.8 Å². The molecule has 3 rings (SSSR count). The Morgan fingerprint density at radius 3 is 2.15 bits per heavy atom. The van der Waals surface area contributed by atoms with Crippen LogP contribution in [-0.4, -0.2) is 34.7 Å². The zero-order valence-corrected chi connectivity index (χ0v) is 21.6. The highest BCUT2D eigenvalue weighted by Gasteiger charge is 2.24. The first kappa shape index (κ1) is 25.7. The van der Waals surface area contributed by atoms with E-state index in [0.29, 0.717) is 31.1 Å². The Morgan fingerprint density at radius 2 is 1.56 bits per heavy atom. The average Bonchev–Trinajstić information content (AvgIpc) is 3.27. The summed E-state index contributed by atoms with van der Waals surface area (Å²) < 4.78 is 0. The summed E-state index contributed by atoms with van der Waals surface area (Å²) in [5.74, 6) is 0.203. The molecule has 1 heterocycles. The van der Waals surface area contributed by atoms with Crippen LogP contribution in [0.4, 0.5) is 0 Å². The Hall–Kier alpha value is -2.92. The lowest BCUT2D eigenvalue weighted by Gasteiger charge is -2.29. The predicted octanol–water partition coefficient (Wildman–Crippen LogP) is 6.34. The van der Waals surface area contributed by atoms with Gasteiger partial charge in [-0.1, -0.05) is 69.7 Å². The van der Waals surface area contributed by atoms with E-state index in [1.54, 1.807) is 16.2 Å². The van der Waals surface area contributed by atoms with Gasteiger partial charge in [-0.2, -0.15) is 0 Å². The van der Waals surface area contributed by atoms with E-state index < -0.39 is 0 Å². The van der Waals surface area contributed by atoms with Gasteiger partial charge in [-0.3, -0.25) is 9.59 Å². The largest absolute Gasteiger partial charge is 0.332 e. The Labute approximate surface area is 208 Å². The molecule has 4 nitrogen and oxygen atoms in total. The Kier molecular flexibility index (Phi) is 9.46. The maximum atomic E-state index is 13.6. The molecule has 1 atom stereocenters. The van der Waals surface area contributed by atoms with Crippen LogP contribution < -0.4 is 0 Å². The quantitative estimate of drug-likeness (QED) is 0.324. The molecule has 0 saturated carbocycles. The predicted molar refractivity (Wildman–Crippen MR) is 141 cm³/mol. The summed E-state index contributed by atoms with van der Waals surface area (Å²) in [6, 6.07) is 22.0. The third-order valence-electron chi connectivity index (χ3n) is 6.16. The van der Waals surface area contributed by atoms with Gasteiger partial charge in [-0.25, -0.2) is 0 Å². The van der Waals surface area contributed by atoms with Crippen molar-refractivity contribution in [2.45, 2.75) is 53.6 Å². The highest BCUT2D eigenvalue weighted by Crippen LogP contribution is 2.20. The molecular formula is C29H36N2O2S. The minimum Gasteiger partial charge on any atom is -0.332 e. The molecule has 0 aliphatic heterocycles. The van der Waals surface area contributed by atoms with Crippen LogP contribution in [0.1, 0.15) is 58.4 Å². The first-order valence-corrected chi connectivity index (χ1v) is 13.0. The van der Waals surface area contributed by atoms with Crippen molar-refractivity contribution in [3.05, 3.63) is 93.2 Å².